The predicted molar refractivity (Wildman–Crippen MR) is 83.8 cm³/mol. The smallest absolute Gasteiger partial charge is 0.190 e. The van der Waals surface area contributed by atoms with E-state index in [-0.39, 0.29) is 18.3 Å². The fourth-order valence-corrected chi connectivity index (χ4v) is 3.46. The molecule has 24 heavy (non-hydrogen) atoms. The number of fused-ring (bicyclic) bond motifs is 3. The normalized spacial score (nSPS) is 37.8. The summed E-state index contributed by atoms with van der Waals surface area (Å²) in [4.78, 5) is 0. The van der Waals surface area contributed by atoms with Crippen molar-refractivity contribution in [2.75, 3.05) is 6.61 Å². The minimum Gasteiger partial charge on any atom is -0.346 e. The second kappa shape index (κ2) is 5.95. The van der Waals surface area contributed by atoms with Crippen LogP contribution in [0.15, 0.2) is 60.7 Å². The fourth-order valence-electron chi connectivity index (χ4n) is 3.46. The van der Waals surface area contributed by atoms with Gasteiger partial charge in [-0.1, -0.05) is 60.7 Å². The number of hydrogen-bond donors (Lipinski definition) is 0. The van der Waals surface area contributed by atoms with Crippen molar-refractivity contribution in [3.05, 3.63) is 71.8 Å². The summed E-state index contributed by atoms with van der Waals surface area (Å²) in [6.45, 7) is 0.472. The first-order valence-electron chi connectivity index (χ1n) is 8.22. The Morgan fingerprint density at radius 1 is 0.625 bits per heavy atom. The van der Waals surface area contributed by atoms with Gasteiger partial charge in [0.05, 0.1) is 6.61 Å². The molecule has 0 saturated carbocycles. The molecule has 0 bridgehead atoms. The van der Waals surface area contributed by atoms with Crippen LogP contribution in [0.2, 0.25) is 0 Å². The van der Waals surface area contributed by atoms with Gasteiger partial charge in [-0.25, -0.2) is 0 Å². The van der Waals surface area contributed by atoms with Crippen molar-refractivity contribution >= 4 is 0 Å². The number of hydrogen-bond acceptors (Lipinski definition) is 5. The standard InChI is InChI=1S/C19H18O5/c1-3-7-12(8-4-1)17-20-11-14-15(22-17)16-19(21-14)24-18(23-16)13-9-5-2-6-10-13/h1-10,14-19H,11H2/t14-,15-,16+,17+,18-,19+/m0/s1. The van der Waals surface area contributed by atoms with E-state index >= 15 is 0 Å². The lowest BCUT2D eigenvalue weighted by molar-refractivity contribution is -0.273. The van der Waals surface area contributed by atoms with Gasteiger partial charge < -0.3 is 23.7 Å². The molecule has 0 aliphatic carbocycles. The van der Waals surface area contributed by atoms with Crippen molar-refractivity contribution in [3.63, 3.8) is 0 Å². The molecule has 5 rings (SSSR count). The zero-order valence-corrected chi connectivity index (χ0v) is 13.0. The van der Waals surface area contributed by atoms with E-state index in [9.17, 15) is 0 Å². The zero-order valence-electron chi connectivity index (χ0n) is 13.0. The largest absolute Gasteiger partial charge is 0.346 e. The van der Waals surface area contributed by atoms with E-state index in [2.05, 4.69) is 0 Å². The van der Waals surface area contributed by atoms with Crippen LogP contribution in [-0.2, 0) is 23.7 Å². The highest BCUT2D eigenvalue weighted by molar-refractivity contribution is 5.18. The maximum absolute atomic E-state index is 6.14. The molecule has 0 aromatic heterocycles. The quantitative estimate of drug-likeness (QED) is 0.849. The van der Waals surface area contributed by atoms with Crippen LogP contribution < -0.4 is 0 Å². The van der Waals surface area contributed by atoms with Crippen LogP contribution in [0.4, 0.5) is 0 Å². The highest BCUT2D eigenvalue weighted by atomic mass is 16.8. The van der Waals surface area contributed by atoms with Crippen LogP contribution in [0.1, 0.15) is 23.7 Å². The lowest BCUT2D eigenvalue weighted by atomic mass is 10.1. The second-order valence-electron chi connectivity index (χ2n) is 6.20. The molecule has 124 valence electrons. The van der Waals surface area contributed by atoms with Gasteiger partial charge in [-0.05, 0) is 0 Å². The second-order valence-corrected chi connectivity index (χ2v) is 6.20. The maximum atomic E-state index is 6.14. The lowest BCUT2D eigenvalue weighted by Gasteiger charge is -2.33. The van der Waals surface area contributed by atoms with Crippen molar-refractivity contribution in [2.45, 2.75) is 37.2 Å². The summed E-state index contributed by atoms with van der Waals surface area (Å²) in [5.74, 6) is 0. The SMILES string of the molecule is c1ccc([C@@H]2OC[C@@H]3O[C@@H]4O[C@@H](c5ccccc5)O[C@@H]4[C@H]3O2)cc1. The summed E-state index contributed by atoms with van der Waals surface area (Å²) in [5.41, 5.74) is 1.98. The van der Waals surface area contributed by atoms with E-state index in [1.54, 1.807) is 0 Å². The van der Waals surface area contributed by atoms with Gasteiger partial charge in [0.25, 0.3) is 0 Å². The fraction of sp³-hybridized carbons (Fsp3) is 0.368. The monoisotopic (exact) mass is 326 g/mol. The Labute approximate surface area is 140 Å². The Hall–Kier alpha value is -1.76. The van der Waals surface area contributed by atoms with Gasteiger partial charge in [-0.2, -0.15) is 0 Å². The first-order valence-corrected chi connectivity index (χ1v) is 8.22. The molecule has 0 spiro atoms. The average Bonchev–Trinajstić information content (AvgIpc) is 3.21. The van der Waals surface area contributed by atoms with Crippen molar-refractivity contribution in [3.8, 4) is 0 Å². The first kappa shape index (κ1) is 14.6. The Morgan fingerprint density at radius 2 is 1.25 bits per heavy atom. The van der Waals surface area contributed by atoms with Gasteiger partial charge in [0.1, 0.15) is 18.3 Å². The van der Waals surface area contributed by atoms with E-state index in [0.717, 1.165) is 11.1 Å². The molecular weight excluding hydrogens is 308 g/mol. The van der Waals surface area contributed by atoms with Gasteiger partial charge >= 0.3 is 0 Å². The molecule has 3 saturated heterocycles. The van der Waals surface area contributed by atoms with E-state index in [4.69, 9.17) is 23.7 Å². The topological polar surface area (TPSA) is 46.2 Å². The van der Waals surface area contributed by atoms with Crippen LogP contribution in [0.5, 0.6) is 0 Å². The molecular formula is C19H18O5. The first-order chi connectivity index (χ1) is 11.9. The highest BCUT2D eigenvalue weighted by Crippen LogP contribution is 2.43. The highest BCUT2D eigenvalue weighted by Gasteiger charge is 2.55. The number of benzene rings is 2. The Balaban J connectivity index is 1.33. The van der Waals surface area contributed by atoms with Crippen LogP contribution in [0.3, 0.4) is 0 Å². The molecule has 5 nitrogen and oxygen atoms in total. The third-order valence-electron chi connectivity index (χ3n) is 4.64. The summed E-state index contributed by atoms with van der Waals surface area (Å²) in [5, 5.41) is 0. The molecule has 0 N–H and O–H groups in total. The molecule has 2 aromatic rings. The van der Waals surface area contributed by atoms with Gasteiger partial charge in [-0.3, -0.25) is 0 Å². The van der Waals surface area contributed by atoms with Gasteiger partial charge in [0.15, 0.2) is 18.9 Å². The van der Waals surface area contributed by atoms with Crippen LogP contribution in [0, 0.1) is 0 Å². The number of ether oxygens (including phenoxy) is 5. The third kappa shape index (κ3) is 2.46. The van der Waals surface area contributed by atoms with Crippen LogP contribution in [-0.4, -0.2) is 31.2 Å². The summed E-state index contributed by atoms with van der Waals surface area (Å²) < 4.78 is 29.9. The molecule has 3 heterocycles. The number of rotatable bonds is 2. The Bertz CT molecular complexity index is 691. The molecule has 0 unspecified atom stereocenters. The van der Waals surface area contributed by atoms with Gasteiger partial charge in [0.2, 0.25) is 0 Å². The predicted octanol–water partition coefficient (Wildman–Crippen LogP) is 2.94. The molecule has 2 aromatic carbocycles. The third-order valence-corrected chi connectivity index (χ3v) is 4.64. The molecule has 0 radical (unpaired) electrons. The molecule has 6 atom stereocenters. The van der Waals surface area contributed by atoms with E-state index in [1.807, 2.05) is 60.7 Å². The maximum Gasteiger partial charge on any atom is 0.190 e. The summed E-state index contributed by atoms with van der Waals surface area (Å²) in [6, 6.07) is 19.8. The molecule has 3 aliphatic heterocycles. The average molecular weight is 326 g/mol. The Morgan fingerprint density at radius 3 is 1.96 bits per heavy atom. The minimum atomic E-state index is -0.414. The van der Waals surface area contributed by atoms with Crippen molar-refractivity contribution in [2.24, 2.45) is 0 Å². The van der Waals surface area contributed by atoms with Gasteiger partial charge in [0, 0.05) is 11.1 Å². The van der Waals surface area contributed by atoms with Crippen LogP contribution in [0.25, 0.3) is 0 Å². The van der Waals surface area contributed by atoms with E-state index < -0.39 is 18.9 Å². The summed E-state index contributed by atoms with van der Waals surface area (Å²) >= 11 is 0. The van der Waals surface area contributed by atoms with Crippen molar-refractivity contribution < 1.29 is 23.7 Å². The zero-order chi connectivity index (χ0) is 15.9. The summed E-state index contributed by atoms with van der Waals surface area (Å²) in [6.07, 6.45) is -1.81. The lowest BCUT2D eigenvalue weighted by Crippen LogP contribution is -2.43. The van der Waals surface area contributed by atoms with Crippen molar-refractivity contribution in [1.29, 1.82) is 0 Å². The molecule has 3 aliphatic rings. The van der Waals surface area contributed by atoms with E-state index in [1.165, 1.54) is 0 Å². The Kier molecular flexibility index (Phi) is 3.61. The van der Waals surface area contributed by atoms with Crippen LogP contribution >= 0.6 is 0 Å². The summed E-state index contributed by atoms with van der Waals surface area (Å²) in [7, 11) is 0. The molecule has 0 amide bonds. The van der Waals surface area contributed by atoms with E-state index in [0.29, 0.717) is 6.61 Å². The molecule has 3 fully saturated rings. The minimum absolute atomic E-state index is 0.156. The van der Waals surface area contributed by atoms with Crippen molar-refractivity contribution in [1.82, 2.24) is 0 Å². The van der Waals surface area contributed by atoms with Gasteiger partial charge in [-0.15, -0.1) is 0 Å². The molecule has 5 heteroatoms.